The Labute approximate surface area is 207 Å². The maximum absolute atomic E-state index is 3.02. The Kier molecular flexibility index (Phi) is 6.92. The minimum Gasteiger partial charge on any atom is -0.293 e. The second-order valence-corrected chi connectivity index (χ2v) is 16.1. The van der Waals surface area contributed by atoms with Gasteiger partial charge < -0.3 is 0 Å². The van der Waals surface area contributed by atoms with Gasteiger partial charge in [0.05, 0.1) is 0 Å². The Hall–Kier alpha value is -0.0800. The van der Waals surface area contributed by atoms with E-state index in [1.807, 2.05) is 0 Å². The third-order valence-corrected chi connectivity index (χ3v) is 10.9. The van der Waals surface area contributed by atoms with Crippen LogP contribution in [0.5, 0.6) is 0 Å². The van der Waals surface area contributed by atoms with Crippen molar-refractivity contribution in [1.82, 2.24) is 9.80 Å². The molecular weight excluding hydrogens is 400 g/mol. The average molecular weight is 459 g/mol. The predicted octanol–water partition coefficient (Wildman–Crippen LogP) is 8.29. The van der Waals surface area contributed by atoms with Gasteiger partial charge in [0.25, 0.3) is 0 Å². The molecule has 0 aromatic heterocycles. The van der Waals surface area contributed by atoms with E-state index in [1.165, 1.54) is 70.6 Å². The molecule has 4 bridgehead atoms. The first-order valence-electron chi connectivity index (χ1n) is 14.7. The molecule has 2 heteroatoms. The van der Waals surface area contributed by atoms with Gasteiger partial charge in [0, 0.05) is 35.2 Å². The SMILES string of the molecule is CC(C)(C)C1CC2CCC(C1)N2C(C)(C)CCC(C)(C)C1CC2CCCC(C1)N2C(C)(C)C. The monoisotopic (exact) mass is 458 g/mol. The minimum absolute atomic E-state index is 0.325. The summed E-state index contributed by atoms with van der Waals surface area (Å²) in [5.41, 5.74) is 1.59. The number of piperidine rings is 3. The number of hydrogen-bond acceptors (Lipinski definition) is 2. The van der Waals surface area contributed by atoms with E-state index in [-0.39, 0.29) is 0 Å². The fourth-order valence-electron chi connectivity index (χ4n) is 8.95. The van der Waals surface area contributed by atoms with E-state index in [4.69, 9.17) is 0 Å². The third-order valence-electron chi connectivity index (χ3n) is 10.9. The smallest absolute Gasteiger partial charge is 0.0159 e. The molecule has 33 heavy (non-hydrogen) atoms. The standard InChI is InChI=1S/C31H58N2/c1-28(2,3)22-18-26-14-15-27(19-22)33(26)31(9,10)17-16-30(7,8)23-20-24-12-11-13-25(21-23)32(24)29(4,5)6/h22-27H,11-21H2,1-10H3. The topological polar surface area (TPSA) is 6.48 Å². The fraction of sp³-hybridized carbons (Fsp3) is 1.00. The summed E-state index contributed by atoms with van der Waals surface area (Å²) in [6.07, 6.45) is 15.7. The molecule has 4 unspecified atom stereocenters. The van der Waals surface area contributed by atoms with E-state index in [9.17, 15) is 0 Å². The molecule has 0 radical (unpaired) electrons. The van der Waals surface area contributed by atoms with Crippen molar-refractivity contribution in [3.8, 4) is 0 Å². The Morgan fingerprint density at radius 3 is 1.45 bits per heavy atom. The maximum atomic E-state index is 3.02. The lowest BCUT2D eigenvalue weighted by molar-refractivity contribution is -0.0749. The highest BCUT2D eigenvalue weighted by molar-refractivity contribution is 5.04. The summed E-state index contributed by atoms with van der Waals surface area (Å²) in [5.74, 6) is 1.80. The normalized spacial score (nSPS) is 36.9. The van der Waals surface area contributed by atoms with Crippen molar-refractivity contribution in [3.05, 3.63) is 0 Å². The van der Waals surface area contributed by atoms with Crippen LogP contribution in [0.1, 0.15) is 140 Å². The highest BCUT2D eigenvalue weighted by Gasteiger charge is 2.50. The molecule has 0 N–H and O–H groups in total. The van der Waals surface area contributed by atoms with Crippen molar-refractivity contribution in [2.24, 2.45) is 22.7 Å². The van der Waals surface area contributed by atoms with E-state index in [1.54, 1.807) is 0 Å². The van der Waals surface area contributed by atoms with Crippen LogP contribution in [0, 0.1) is 22.7 Å². The summed E-state index contributed by atoms with van der Waals surface area (Å²) in [6, 6.07) is 3.31. The van der Waals surface area contributed by atoms with Gasteiger partial charge >= 0.3 is 0 Å². The van der Waals surface area contributed by atoms with E-state index in [2.05, 4.69) is 79.0 Å². The lowest BCUT2D eigenvalue weighted by atomic mass is 9.64. The van der Waals surface area contributed by atoms with Crippen LogP contribution in [-0.4, -0.2) is 45.0 Å². The molecule has 4 aliphatic rings. The van der Waals surface area contributed by atoms with Crippen molar-refractivity contribution in [2.75, 3.05) is 0 Å². The van der Waals surface area contributed by atoms with Crippen molar-refractivity contribution < 1.29 is 0 Å². The van der Waals surface area contributed by atoms with E-state index in [0.29, 0.717) is 21.9 Å². The predicted molar refractivity (Wildman–Crippen MR) is 144 cm³/mol. The number of nitrogens with zero attached hydrogens (tertiary/aromatic N) is 2. The lowest BCUT2D eigenvalue weighted by Crippen LogP contribution is -2.60. The van der Waals surface area contributed by atoms with E-state index < -0.39 is 0 Å². The number of rotatable bonds is 5. The van der Waals surface area contributed by atoms with Crippen LogP contribution in [0.25, 0.3) is 0 Å². The molecule has 4 saturated heterocycles. The quantitative estimate of drug-likeness (QED) is 0.409. The molecule has 0 aromatic rings. The van der Waals surface area contributed by atoms with Gasteiger partial charge in [-0.3, -0.25) is 9.80 Å². The van der Waals surface area contributed by atoms with Gasteiger partial charge in [0.1, 0.15) is 0 Å². The highest BCUT2D eigenvalue weighted by atomic mass is 15.3. The lowest BCUT2D eigenvalue weighted by Gasteiger charge is -2.57. The van der Waals surface area contributed by atoms with Crippen LogP contribution in [0.15, 0.2) is 0 Å². The van der Waals surface area contributed by atoms with Gasteiger partial charge in [0.2, 0.25) is 0 Å². The molecule has 4 fully saturated rings. The molecule has 0 aliphatic carbocycles. The van der Waals surface area contributed by atoms with Crippen LogP contribution in [0.2, 0.25) is 0 Å². The van der Waals surface area contributed by atoms with Gasteiger partial charge in [-0.15, -0.1) is 0 Å². The molecule has 4 heterocycles. The average Bonchev–Trinajstić information content (AvgIpc) is 2.95. The summed E-state index contributed by atoms with van der Waals surface area (Å²) < 4.78 is 0. The summed E-state index contributed by atoms with van der Waals surface area (Å²) in [7, 11) is 0. The van der Waals surface area contributed by atoms with Gasteiger partial charge in [0.15, 0.2) is 0 Å². The zero-order valence-electron chi connectivity index (χ0n) is 24.1. The fourth-order valence-corrected chi connectivity index (χ4v) is 8.95. The molecule has 0 saturated carbocycles. The largest absolute Gasteiger partial charge is 0.293 e. The molecule has 4 rings (SSSR count). The Morgan fingerprint density at radius 1 is 0.545 bits per heavy atom. The van der Waals surface area contributed by atoms with Crippen LogP contribution >= 0.6 is 0 Å². The second kappa shape index (κ2) is 8.79. The molecular formula is C31H58N2. The van der Waals surface area contributed by atoms with Gasteiger partial charge in [-0.25, -0.2) is 0 Å². The molecule has 192 valence electrons. The molecule has 4 aliphatic heterocycles. The van der Waals surface area contributed by atoms with Crippen LogP contribution in [0.4, 0.5) is 0 Å². The minimum atomic E-state index is 0.325. The summed E-state index contributed by atoms with van der Waals surface area (Å²) in [6.45, 7) is 25.2. The molecule has 0 spiro atoms. The maximum Gasteiger partial charge on any atom is 0.0159 e. The van der Waals surface area contributed by atoms with E-state index >= 15 is 0 Å². The van der Waals surface area contributed by atoms with Crippen molar-refractivity contribution in [1.29, 1.82) is 0 Å². The van der Waals surface area contributed by atoms with E-state index in [0.717, 1.165) is 36.0 Å². The molecule has 4 atom stereocenters. The first-order chi connectivity index (χ1) is 15.1. The summed E-state index contributed by atoms with van der Waals surface area (Å²) in [4.78, 5) is 5.94. The Balaban J connectivity index is 1.39. The Bertz CT molecular complexity index is 650. The summed E-state index contributed by atoms with van der Waals surface area (Å²) in [5, 5.41) is 0. The van der Waals surface area contributed by atoms with Gasteiger partial charge in [-0.1, -0.05) is 41.0 Å². The molecule has 2 nitrogen and oxygen atoms in total. The molecule has 0 aromatic carbocycles. The van der Waals surface area contributed by atoms with Crippen LogP contribution in [0.3, 0.4) is 0 Å². The first-order valence-corrected chi connectivity index (χ1v) is 14.7. The van der Waals surface area contributed by atoms with Crippen LogP contribution in [-0.2, 0) is 0 Å². The molecule has 0 amide bonds. The Morgan fingerprint density at radius 2 is 1.00 bits per heavy atom. The second-order valence-electron chi connectivity index (χ2n) is 16.1. The zero-order valence-corrected chi connectivity index (χ0v) is 24.1. The van der Waals surface area contributed by atoms with Crippen molar-refractivity contribution in [2.45, 2.75) is 175 Å². The number of fused-ring (bicyclic) bond motifs is 4. The van der Waals surface area contributed by atoms with Crippen molar-refractivity contribution in [3.63, 3.8) is 0 Å². The summed E-state index contributed by atoms with van der Waals surface area (Å²) >= 11 is 0. The highest BCUT2D eigenvalue weighted by Crippen LogP contribution is 2.51. The van der Waals surface area contributed by atoms with Crippen molar-refractivity contribution >= 4 is 0 Å². The zero-order chi connectivity index (χ0) is 24.4. The van der Waals surface area contributed by atoms with Crippen LogP contribution < -0.4 is 0 Å². The third kappa shape index (κ3) is 5.23. The number of hydrogen-bond donors (Lipinski definition) is 0. The first kappa shape index (κ1) is 26.0. The van der Waals surface area contributed by atoms with Gasteiger partial charge in [-0.2, -0.15) is 0 Å². The van der Waals surface area contributed by atoms with Gasteiger partial charge in [-0.05, 0) is 121 Å².